The van der Waals surface area contributed by atoms with Gasteiger partial charge in [0.15, 0.2) is 17.5 Å². The maximum Gasteiger partial charge on any atom is 0.160 e. The monoisotopic (exact) mass is 1930 g/mol. The van der Waals surface area contributed by atoms with Crippen molar-refractivity contribution in [2.24, 2.45) is 0 Å². The van der Waals surface area contributed by atoms with Gasteiger partial charge in [0.1, 0.15) is 0 Å². The van der Waals surface area contributed by atoms with Gasteiger partial charge in [-0.2, -0.15) is 0 Å². The van der Waals surface area contributed by atoms with Gasteiger partial charge in [-0.15, -0.1) is 34.0 Å². The van der Waals surface area contributed by atoms with Gasteiger partial charge in [0.2, 0.25) is 0 Å². The fourth-order valence-corrected chi connectivity index (χ4v) is 27.4. The molecular weight excluding hydrogens is 1840 g/mol. The van der Waals surface area contributed by atoms with Crippen LogP contribution in [-0.2, 0) is 5.41 Å². The van der Waals surface area contributed by atoms with Crippen molar-refractivity contribution in [2.45, 2.75) is 19.3 Å². The number of fused-ring (bicyclic) bond motifs is 36. The Labute approximate surface area is 862 Å². The van der Waals surface area contributed by atoms with Crippen LogP contribution >= 0.6 is 34.0 Å². The normalized spacial score (nSPS) is 13.0. The summed E-state index contributed by atoms with van der Waals surface area (Å²) in [4.78, 5) is 30.7. The quantitative estimate of drug-likeness (QED) is 0.143. The highest BCUT2D eigenvalue weighted by Gasteiger charge is 2.36. The van der Waals surface area contributed by atoms with Crippen molar-refractivity contribution in [2.75, 3.05) is 0 Å². The molecule has 12 heteroatoms. The molecule has 1 aliphatic rings. The molecule has 0 spiro atoms. The SMILES string of the molecule is CC1(C)c2ccccc2-c2ccc(-c3nc(-c4ccc(-n5c6ccccc6c6c7ccccc7c7c8ccccc8sc7c65)cc4)nc4ccccc34)cc21.[2H]c1c([2H])c([2H])c(-c2nc(-c3cccc(-n4c5ccccc5c5c6ccccc6c6c7ccccc7sc6c54)c3)nc3ccccc23)c([2H])c1[2H].c1ccc(-c2nc(-c3cccc(-n4c5ccccc5c5c6ccccc6c6c7ccccc7sc6c54)c3)nc3ccccc23)cc1. The van der Waals surface area contributed by atoms with Gasteiger partial charge in [0, 0.05) is 151 Å². The highest BCUT2D eigenvalue weighted by Crippen LogP contribution is 2.55. The van der Waals surface area contributed by atoms with Gasteiger partial charge < -0.3 is 13.7 Å². The standard InChI is InChI=1S/C51H33N3S.2C42H25N3S/c1-51(2)40-19-9-5-13-33(40)34-28-25-31(29-41(34)51)47-37-16-6-10-20-42(37)52-50(53-47)30-23-26-32(27-24-30)54-43-21-11-7-17-38(43)45-35-14-3-4-15-36(35)46-39-18-8-12-22-44(39)55-49(46)48(45)54;2*1-2-13-26(14-3-1)39-31-19-6-9-22-34(31)43-42(44-39)27-15-12-16-28(25-27)45-35-23-10-7-20-32(35)37-29-17-4-5-18-30(29)38-33-21-8-11-24-36(33)46-41(38)40(37)45/h3-29H,1-2H3;2*1-25H/i;1D,2D,3D,13D,14D;. The van der Waals surface area contributed by atoms with Crippen LogP contribution in [0, 0.1) is 0 Å². The van der Waals surface area contributed by atoms with Crippen molar-refractivity contribution in [1.29, 1.82) is 0 Å². The summed E-state index contributed by atoms with van der Waals surface area (Å²) in [5.74, 6) is 1.84. The van der Waals surface area contributed by atoms with Crippen LogP contribution in [0.3, 0.4) is 0 Å². The topological polar surface area (TPSA) is 92.1 Å². The van der Waals surface area contributed by atoms with E-state index >= 15 is 0 Å². The molecule has 0 amide bonds. The minimum absolute atomic E-state index is 0.0541. The van der Waals surface area contributed by atoms with E-state index in [1.165, 1.54) is 169 Å². The lowest BCUT2D eigenvalue weighted by atomic mass is 9.82. The predicted octanol–water partition coefficient (Wildman–Crippen LogP) is 37.1. The van der Waals surface area contributed by atoms with E-state index in [1.54, 1.807) is 0 Å². The van der Waals surface area contributed by atoms with Crippen LogP contribution < -0.4 is 0 Å². The molecule has 147 heavy (non-hydrogen) atoms. The van der Waals surface area contributed by atoms with Gasteiger partial charge in [0.05, 0.1) is 87.7 Å². The molecule has 0 saturated carbocycles. The van der Waals surface area contributed by atoms with Crippen molar-refractivity contribution in [1.82, 2.24) is 43.6 Å². The predicted molar refractivity (Wildman–Crippen MR) is 623 cm³/mol. The molecule has 9 aromatic heterocycles. The highest BCUT2D eigenvalue weighted by molar-refractivity contribution is 7.28. The molecule has 31 aromatic rings. The van der Waals surface area contributed by atoms with E-state index in [4.69, 9.17) is 36.8 Å². The number of nitrogens with zero attached hydrogens (tertiary/aromatic N) is 9. The highest BCUT2D eigenvalue weighted by atomic mass is 32.1. The second kappa shape index (κ2) is 33.4. The van der Waals surface area contributed by atoms with E-state index in [0.717, 1.165) is 101 Å². The Kier molecular flexibility index (Phi) is 18.0. The number of rotatable bonds is 9. The third-order valence-corrected chi connectivity index (χ3v) is 33.5. The average Bonchev–Trinajstić information content (AvgIpc) is 1.67. The van der Waals surface area contributed by atoms with Crippen molar-refractivity contribution >= 4 is 225 Å². The summed E-state index contributed by atoms with van der Waals surface area (Å²) >= 11 is 5.59. The van der Waals surface area contributed by atoms with Crippen LogP contribution in [0.2, 0.25) is 0 Å². The van der Waals surface area contributed by atoms with E-state index in [1.807, 2.05) is 82.5 Å². The number of hydrogen-bond donors (Lipinski definition) is 0. The summed E-state index contributed by atoms with van der Waals surface area (Å²) in [5, 5.41) is 25.6. The maximum atomic E-state index is 8.73. The van der Waals surface area contributed by atoms with Gasteiger partial charge in [-0.25, -0.2) is 29.9 Å². The molecule has 0 aliphatic heterocycles. The van der Waals surface area contributed by atoms with Gasteiger partial charge >= 0.3 is 0 Å². The fraction of sp³-hybridized carbons (Fsp3) is 0.0222. The summed E-state index contributed by atoms with van der Waals surface area (Å²) in [6, 6.07) is 153. The van der Waals surface area contributed by atoms with Crippen LogP contribution in [-0.4, -0.2) is 43.6 Å². The summed E-state index contributed by atoms with van der Waals surface area (Å²) in [6.07, 6.45) is 0. The molecule has 0 N–H and O–H groups in total. The Balaban J connectivity index is 0.000000105. The Morgan fingerprint density at radius 3 is 0.973 bits per heavy atom. The van der Waals surface area contributed by atoms with Gasteiger partial charge in [-0.1, -0.05) is 372 Å². The third-order valence-electron chi connectivity index (χ3n) is 30.0. The number of benzene rings is 22. The molecule has 686 valence electrons. The average molecular weight is 1930 g/mol. The number of para-hydroxylation sites is 6. The minimum atomic E-state index is -0.438. The summed E-state index contributed by atoms with van der Waals surface area (Å²) < 4.78 is 57.3. The lowest BCUT2D eigenvalue weighted by molar-refractivity contribution is 0.660. The number of hydrogen-bond acceptors (Lipinski definition) is 9. The van der Waals surface area contributed by atoms with E-state index in [0.29, 0.717) is 22.4 Å². The zero-order valence-corrected chi connectivity index (χ0v) is 81.8. The fourth-order valence-electron chi connectivity index (χ4n) is 23.6. The first-order valence-electron chi connectivity index (χ1n) is 52.0. The van der Waals surface area contributed by atoms with E-state index in [9.17, 15) is 0 Å². The molecule has 0 fully saturated rings. The first kappa shape index (κ1) is 79.3. The second-order valence-electron chi connectivity index (χ2n) is 38.5. The van der Waals surface area contributed by atoms with Crippen molar-refractivity contribution < 1.29 is 6.85 Å². The molecule has 0 radical (unpaired) electrons. The largest absolute Gasteiger partial charge is 0.308 e. The number of aromatic nitrogens is 9. The summed E-state index contributed by atoms with van der Waals surface area (Å²) in [5.41, 5.74) is 25.2. The molecule has 32 rings (SSSR count). The zero-order valence-electron chi connectivity index (χ0n) is 84.3. The molecule has 0 unspecified atom stereocenters. The lowest BCUT2D eigenvalue weighted by Gasteiger charge is -2.22. The zero-order chi connectivity index (χ0) is 101. The van der Waals surface area contributed by atoms with Gasteiger partial charge in [-0.3, -0.25) is 0 Å². The molecule has 0 saturated heterocycles. The Morgan fingerprint density at radius 1 is 0.218 bits per heavy atom. The molecule has 0 atom stereocenters. The van der Waals surface area contributed by atoms with Crippen LogP contribution in [0.25, 0.3) is 287 Å². The van der Waals surface area contributed by atoms with Crippen molar-refractivity contribution in [3.05, 3.63) is 478 Å². The Bertz CT molecular complexity index is 11300. The Morgan fingerprint density at radius 2 is 0.537 bits per heavy atom. The first-order valence-corrected chi connectivity index (χ1v) is 52.0. The number of thiophene rings is 3. The van der Waals surface area contributed by atoms with Crippen LogP contribution in [0.15, 0.2) is 467 Å². The summed E-state index contributed by atoms with van der Waals surface area (Å²) in [6.45, 7) is 4.66. The molecule has 22 aromatic carbocycles. The van der Waals surface area contributed by atoms with E-state index < -0.39 is 18.1 Å². The smallest absolute Gasteiger partial charge is 0.160 e. The van der Waals surface area contributed by atoms with Gasteiger partial charge in [0.25, 0.3) is 0 Å². The molecule has 9 heterocycles. The van der Waals surface area contributed by atoms with Crippen LogP contribution in [0.1, 0.15) is 31.8 Å². The summed E-state index contributed by atoms with van der Waals surface area (Å²) in [7, 11) is 0. The van der Waals surface area contributed by atoms with Crippen molar-refractivity contribution in [3.8, 4) is 96.1 Å². The van der Waals surface area contributed by atoms with E-state index in [2.05, 4.69) is 416 Å². The molecule has 0 bridgehead atoms. The van der Waals surface area contributed by atoms with Gasteiger partial charge in [-0.05, 0) is 164 Å². The first-order chi connectivity index (χ1) is 74.8. The van der Waals surface area contributed by atoms with Crippen LogP contribution in [0.4, 0.5) is 0 Å². The maximum absolute atomic E-state index is 8.73. The van der Waals surface area contributed by atoms with E-state index in [-0.39, 0.29) is 23.1 Å². The van der Waals surface area contributed by atoms with Crippen molar-refractivity contribution in [3.63, 3.8) is 0 Å². The second-order valence-corrected chi connectivity index (χ2v) is 41.6. The Hall–Kier alpha value is -18.3. The lowest BCUT2D eigenvalue weighted by Crippen LogP contribution is -2.14. The van der Waals surface area contributed by atoms with Crippen LogP contribution in [0.5, 0.6) is 0 Å². The minimum Gasteiger partial charge on any atom is -0.308 e. The molecular formula is C135H83N9S3. The molecule has 1 aliphatic carbocycles. The third kappa shape index (κ3) is 13.2. The molecule has 9 nitrogen and oxygen atoms in total.